The molecule has 2 heterocycles. The Morgan fingerprint density at radius 1 is 1.08 bits per heavy atom. The van der Waals surface area contributed by atoms with Crippen LogP contribution in [0.4, 0.5) is 8.78 Å². The summed E-state index contributed by atoms with van der Waals surface area (Å²) in [5.74, 6) is -2.28. The van der Waals surface area contributed by atoms with Crippen LogP contribution < -0.4 is 0 Å². The summed E-state index contributed by atoms with van der Waals surface area (Å²) < 4.78 is 33.4. The zero-order chi connectivity index (χ0) is 17.4. The van der Waals surface area contributed by atoms with Crippen molar-refractivity contribution in [2.45, 2.75) is 12.8 Å². The first kappa shape index (κ1) is 15.6. The minimum absolute atomic E-state index is 0.118. The van der Waals surface area contributed by atoms with Crippen LogP contribution in [0.2, 0.25) is 0 Å². The Morgan fingerprint density at radius 3 is 2.68 bits per heavy atom. The van der Waals surface area contributed by atoms with Gasteiger partial charge in [-0.15, -0.1) is 5.11 Å². The first-order chi connectivity index (χ1) is 12.0. The molecule has 0 bridgehead atoms. The Kier molecular flexibility index (Phi) is 3.63. The van der Waals surface area contributed by atoms with E-state index >= 15 is 0 Å². The molecule has 4 rings (SSSR count). The molecule has 3 aromatic rings. The van der Waals surface area contributed by atoms with Gasteiger partial charge in [-0.3, -0.25) is 4.99 Å². The predicted molar refractivity (Wildman–Crippen MR) is 90.1 cm³/mol. The molecular formula is C18H14F2N4O. The largest absolute Gasteiger partial charge is 0.436 e. The fourth-order valence-electron chi connectivity index (χ4n) is 2.73. The molecular weight excluding hydrogens is 326 g/mol. The summed E-state index contributed by atoms with van der Waals surface area (Å²) >= 11 is 0. The van der Waals surface area contributed by atoms with Gasteiger partial charge in [0.05, 0.1) is 13.1 Å². The zero-order valence-corrected chi connectivity index (χ0v) is 13.4. The highest BCUT2D eigenvalue weighted by molar-refractivity contribution is 6.01. The number of hydrogen-bond donors (Lipinski definition) is 0. The molecule has 0 amide bonds. The molecule has 5 nitrogen and oxygen atoms in total. The number of alkyl halides is 2. The molecule has 0 spiro atoms. The van der Waals surface area contributed by atoms with E-state index in [-0.39, 0.29) is 17.0 Å². The van der Waals surface area contributed by atoms with Crippen molar-refractivity contribution in [3.63, 3.8) is 0 Å². The van der Waals surface area contributed by atoms with Crippen molar-refractivity contribution in [3.8, 4) is 11.5 Å². The molecule has 7 heteroatoms. The normalized spacial score (nSPS) is 14.8. The first-order valence-electron chi connectivity index (χ1n) is 7.83. The van der Waals surface area contributed by atoms with Crippen molar-refractivity contribution in [1.29, 1.82) is 0 Å². The third kappa shape index (κ3) is 2.93. The Hall–Kier alpha value is -2.96. The van der Waals surface area contributed by atoms with Crippen molar-refractivity contribution >= 4 is 16.9 Å². The van der Waals surface area contributed by atoms with E-state index in [2.05, 4.69) is 20.2 Å². The SMILES string of the molecule is CC(F)(F)c1ccccc1-c1nc2cc(C3=NCCN=N3)ccc2o1. The summed E-state index contributed by atoms with van der Waals surface area (Å²) in [5, 5.41) is 8.01. The standard InChI is InChI=1S/C18H14F2N4O/c1-18(19,20)13-5-3-2-4-12(13)17-23-14-10-11(6-7-15(14)25-17)16-21-8-9-22-24-16/h2-7,10H,8-9H2,1H3. The Labute approximate surface area is 142 Å². The maximum absolute atomic E-state index is 13.9. The predicted octanol–water partition coefficient (Wildman–Crippen LogP) is 4.82. The molecule has 0 radical (unpaired) electrons. The smallest absolute Gasteiger partial charge is 0.271 e. The van der Waals surface area contributed by atoms with Gasteiger partial charge in [0.25, 0.3) is 5.92 Å². The fraction of sp³-hybridized carbons (Fsp3) is 0.222. The number of aliphatic imine (C=N–C) groups is 1. The molecule has 2 aromatic carbocycles. The summed E-state index contributed by atoms with van der Waals surface area (Å²) in [7, 11) is 0. The molecule has 1 aliphatic rings. The van der Waals surface area contributed by atoms with Crippen LogP contribution in [-0.4, -0.2) is 23.9 Å². The van der Waals surface area contributed by atoms with E-state index in [0.717, 1.165) is 12.5 Å². The number of hydrogen-bond acceptors (Lipinski definition) is 5. The summed E-state index contributed by atoms with van der Waals surface area (Å²) in [4.78, 5) is 8.70. The highest BCUT2D eigenvalue weighted by atomic mass is 19.3. The molecule has 0 saturated carbocycles. The van der Waals surface area contributed by atoms with Crippen LogP contribution in [-0.2, 0) is 5.92 Å². The van der Waals surface area contributed by atoms with Gasteiger partial charge in [0, 0.05) is 23.6 Å². The van der Waals surface area contributed by atoms with Crippen LogP contribution in [0.25, 0.3) is 22.6 Å². The average Bonchev–Trinajstić information content (AvgIpc) is 3.05. The van der Waals surface area contributed by atoms with E-state index in [1.807, 2.05) is 0 Å². The minimum atomic E-state index is -2.99. The molecule has 1 aromatic heterocycles. The van der Waals surface area contributed by atoms with Gasteiger partial charge in [0.15, 0.2) is 11.4 Å². The highest BCUT2D eigenvalue weighted by Crippen LogP contribution is 2.36. The number of nitrogens with zero attached hydrogens (tertiary/aromatic N) is 4. The monoisotopic (exact) mass is 340 g/mol. The molecule has 0 unspecified atom stereocenters. The minimum Gasteiger partial charge on any atom is -0.436 e. The maximum Gasteiger partial charge on any atom is 0.271 e. The molecule has 0 N–H and O–H groups in total. The molecule has 0 saturated heterocycles. The fourth-order valence-corrected chi connectivity index (χ4v) is 2.73. The molecule has 1 aliphatic heterocycles. The Morgan fingerprint density at radius 2 is 1.92 bits per heavy atom. The van der Waals surface area contributed by atoms with Crippen LogP contribution in [0.15, 0.2) is 62.1 Å². The van der Waals surface area contributed by atoms with Gasteiger partial charge in [-0.1, -0.05) is 18.2 Å². The van der Waals surface area contributed by atoms with Gasteiger partial charge in [-0.05, 0) is 24.3 Å². The molecule has 0 fully saturated rings. The van der Waals surface area contributed by atoms with E-state index in [1.54, 1.807) is 36.4 Å². The summed E-state index contributed by atoms with van der Waals surface area (Å²) in [6.45, 7) is 2.04. The van der Waals surface area contributed by atoms with Crippen LogP contribution in [0.3, 0.4) is 0 Å². The molecule has 0 aliphatic carbocycles. The van der Waals surface area contributed by atoms with E-state index in [0.29, 0.717) is 30.0 Å². The first-order valence-corrected chi connectivity index (χ1v) is 7.83. The van der Waals surface area contributed by atoms with E-state index in [4.69, 9.17) is 4.42 Å². The number of fused-ring (bicyclic) bond motifs is 1. The van der Waals surface area contributed by atoms with Crippen molar-refractivity contribution in [3.05, 3.63) is 53.6 Å². The van der Waals surface area contributed by atoms with Gasteiger partial charge in [0.2, 0.25) is 5.89 Å². The topological polar surface area (TPSA) is 63.1 Å². The third-order valence-corrected chi connectivity index (χ3v) is 3.90. The Balaban J connectivity index is 1.81. The van der Waals surface area contributed by atoms with Gasteiger partial charge in [-0.2, -0.15) is 5.11 Å². The lowest BCUT2D eigenvalue weighted by Crippen LogP contribution is -2.08. The van der Waals surface area contributed by atoms with Crippen molar-refractivity contribution in [1.82, 2.24) is 4.98 Å². The number of rotatable bonds is 3. The average molecular weight is 340 g/mol. The highest BCUT2D eigenvalue weighted by Gasteiger charge is 2.29. The quantitative estimate of drug-likeness (QED) is 0.686. The lowest BCUT2D eigenvalue weighted by atomic mass is 10.0. The third-order valence-electron chi connectivity index (χ3n) is 3.90. The van der Waals surface area contributed by atoms with E-state index in [1.165, 1.54) is 6.07 Å². The van der Waals surface area contributed by atoms with Crippen molar-refractivity contribution in [2.75, 3.05) is 13.1 Å². The summed E-state index contributed by atoms with van der Waals surface area (Å²) in [5.41, 5.74) is 2.01. The van der Waals surface area contributed by atoms with E-state index in [9.17, 15) is 8.78 Å². The summed E-state index contributed by atoms with van der Waals surface area (Å²) in [6.07, 6.45) is 0. The van der Waals surface area contributed by atoms with Gasteiger partial charge in [-0.25, -0.2) is 13.8 Å². The zero-order valence-electron chi connectivity index (χ0n) is 13.4. The van der Waals surface area contributed by atoms with Gasteiger partial charge >= 0.3 is 0 Å². The van der Waals surface area contributed by atoms with Crippen molar-refractivity contribution in [2.24, 2.45) is 15.2 Å². The number of halogens is 2. The van der Waals surface area contributed by atoms with Crippen LogP contribution in [0.1, 0.15) is 18.1 Å². The van der Waals surface area contributed by atoms with Crippen LogP contribution in [0.5, 0.6) is 0 Å². The number of amidine groups is 1. The molecule has 126 valence electrons. The number of oxazole rings is 1. The Bertz CT molecular complexity index is 1000. The van der Waals surface area contributed by atoms with Crippen LogP contribution >= 0.6 is 0 Å². The maximum atomic E-state index is 13.9. The second-order valence-electron chi connectivity index (χ2n) is 5.81. The number of azo groups is 1. The van der Waals surface area contributed by atoms with Gasteiger partial charge < -0.3 is 4.42 Å². The van der Waals surface area contributed by atoms with Crippen molar-refractivity contribution < 1.29 is 13.2 Å². The molecule has 0 atom stereocenters. The summed E-state index contributed by atoms with van der Waals surface area (Å²) in [6, 6.07) is 11.5. The van der Waals surface area contributed by atoms with E-state index < -0.39 is 5.92 Å². The second-order valence-corrected chi connectivity index (χ2v) is 5.81. The second kappa shape index (κ2) is 5.84. The number of aromatic nitrogens is 1. The lowest BCUT2D eigenvalue weighted by Gasteiger charge is -2.13. The van der Waals surface area contributed by atoms with Gasteiger partial charge in [0.1, 0.15) is 5.52 Å². The lowest BCUT2D eigenvalue weighted by molar-refractivity contribution is 0.0179. The molecule has 25 heavy (non-hydrogen) atoms. The number of benzene rings is 2. The van der Waals surface area contributed by atoms with Crippen LogP contribution in [0, 0.1) is 0 Å².